The smallest absolute Gasteiger partial charge is 0.292 e. The minimum atomic E-state index is -0.328. The molecule has 7 heteroatoms. The first-order chi connectivity index (χ1) is 14.5. The van der Waals surface area contributed by atoms with Crippen LogP contribution < -0.4 is 10.6 Å². The number of amides is 2. The number of aryl methyl sites for hydroxylation is 3. The van der Waals surface area contributed by atoms with Crippen molar-refractivity contribution in [2.24, 2.45) is 0 Å². The monoisotopic (exact) mass is 426 g/mol. The van der Waals surface area contributed by atoms with Gasteiger partial charge in [-0.25, -0.2) is 0 Å². The molecule has 0 fully saturated rings. The van der Waals surface area contributed by atoms with E-state index in [9.17, 15) is 9.59 Å². The summed E-state index contributed by atoms with van der Waals surface area (Å²) >= 11 is 1.50. The number of carbonyl (C=O) groups excluding carboxylic acids is 2. The lowest BCUT2D eigenvalue weighted by Gasteiger charge is -2.13. The number of methoxy groups -OCH3 is 1. The zero-order chi connectivity index (χ0) is 21.3. The highest BCUT2D eigenvalue weighted by molar-refractivity contribution is 7.17. The molecule has 0 saturated carbocycles. The van der Waals surface area contributed by atoms with Gasteiger partial charge >= 0.3 is 0 Å². The van der Waals surface area contributed by atoms with Gasteiger partial charge in [0.05, 0.1) is 12.2 Å². The fraction of sp³-hybridized carbons (Fsp3) is 0.391. The van der Waals surface area contributed by atoms with Crippen molar-refractivity contribution in [3.8, 4) is 0 Å². The van der Waals surface area contributed by atoms with Gasteiger partial charge in [-0.3, -0.25) is 9.59 Å². The Bertz CT molecular complexity index is 1110. The van der Waals surface area contributed by atoms with Gasteiger partial charge in [0, 0.05) is 29.5 Å². The van der Waals surface area contributed by atoms with E-state index in [4.69, 9.17) is 9.15 Å². The molecule has 1 aliphatic carbocycles. The number of furan rings is 1. The van der Waals surface area contributed by atoms with E-state index in [2.05, 4.69) is 10.6 Å². The van der Waals surface area contributed by atoms with Crippen LogP contribution >= 0.6 is 11.3 Å². The molecule has 4 rings (SSSR count). The SMILES string of the molecule is COCCNC(=O)c1c(NC(=O)c2oc3cc(C)ccc3c2C)sc2c1CCCC2. The molecule has 0 radical (unpaired) electrons. The summed E-state index contributed by atoms with van der Waals surface area (Å²) in [5.74, 6) is -0.211. The van der Waals surface area contributed by atoms with Crippen molar-refractivity contribution in [1.82, 2.24) is 5.32 Å². The van der Waals surface area contributed by atoms with Gasteiger partial charge in [-0.15, -0.1) is 11.3 Å². The van der Waals surface area contributed by atoms with Gasteiger partial charge in [0.1, 0.15) is 10.6 Å². The Morgan fingerprint density at radius 1 is 1.17 bits per heavy atom. The van der Waals surface area contributed by atoms with Crippen LogP contribution in [0.15, 0.2) is 22.6 Å². The minimum absolute atomic E-state index is 0.168. The molecule has 0 aliphatic heterocycles. The molecule has 2 amide bonds. The second-order valence-electron chi connectivity index (χ2n) is 7.67. The van der Waals surface area contributed by atoms with Gasteiger partial charge in [-0.05, 0) is 56.7 Å². The third-order valence-electron chi connectivity index (χ3n) is 5.52. The Kier molecular flexibility index (Phi) is 5.92. The quantitative estimate of drug-likeness (QED) is 0.564. The van der Waals surface area contributed by atoms with Gasteiger partial charge in [-0.1, -0.05) is 12.1 Å². The molecule has 0 saturated heterocycles. The van der Waals surface area contributed by atoms with Crippen LogP contribution in [0.1, 0.15) is 55.3 Å². The van der Waals surface area contributed by atoms with Crippen LogP contribution in [0.5, 0.6) is 0 Å². The van der Waals surface area contributed by atoms with Crippen molar-refractivity contribution in [2.75, 3.05) is 25.6 Å². The standard InChI is InChI=1S/C23H26N2O4S/c1-13-8-9-15-14(2)20(29-17(15)12-13)22(27)25-23-19(21(26)24-10-11-28-3)16-6-4-5-7-18(16)30-23/h8-9,12H,4-7,10-11H2,1-3H3,(H,24,26)(H,25,27). The van der Waals surface area contributed by atoms with Crippen molar-refractivity contribution in [1.29, 1.82) is 0 Å². The highest BCUT2D eigenvalue weighted by atomic mass is 32.1. The second-order valence-corrected chi connectivity index (χ2v) is 8.78. The molecule has 2 heterocycles. The van der Waals surface area contributed by atoms with Crippen molar-refractivity contribution in [2.45, 2.75) is 39.5 Å². The lowest BCUT2D eigenvalue weighted by molar-refractivity contribution is 0.0937. The first-order valence-electron chi connectivity index (χ1n) is 10.2. The van der Waals surface area contributed by atoms with Crippen LogP contribution in [0.3, 0.4) is 0 Å². The van der Waals surface area contributed by atoms with E-state index in [-0.39, 0.29) is 17.6 Å². The Morgan fingerprint density at radius 3 is 2.77 bits per heavy atom. The molecule has 3 aromatic rings. The lowest BCUT2D eigenvalue weighted by Crippen LogP contribution is -2.28. The first kappa shape index (κ1) is 20.6. The summed E-state index contributed by atoms with van der Waals surface area (Å²) in [7, 11) is 1.60. The fourth-order valence-corrected chi connectivity index (χ4v) is 5.24. The van der Waals surface area contributed by atoms with Crippen molar-refractivity contribution >= 4 is 39.1 Å². The Labute approximate surface area is 179 Å². The number of ether oxygens (including phenoxy) is 1. The second kappa shape index (κ2) is 8.62. The third-order valence-corrected chi connectivity index (χ3v) is 6.72. The highest BCUT2D eigenvalue weighted by Gasteiger charge is 2.27. The van der Waals surface area contributed by atoms with Gasteiger partial charge in [0.2, 0.25) is 0 Å². The Morgan fingerprint density at radius 2 is 1.97 bits per heavy atom. The summed E-state index contributed by atoms with van der Waals surface area (Å²) < 4.78 is 10.9. The normalized spacial score (nSPS) is 13.3. The van der Waals surface area contributed by atoms with Crippen LogP contribution in [0.2, 0.25) is 0 Å². The van der Waals surface area contributed by atoms with E-state index in [1.807, 2.05) is 32.0 Å². The van der Waals surface area contributed by atoms with Gasteiger partial charge in [0.15, 0.2) is 5.76 Å². The summed E-state index contributed by atoms with van der Waals surface area (Å²) in [6.45, 7) is 4.74. The van der Waals surface area contributed by atoms with Crippen LogP contribution in [0.25, 0.3) is 11.0 Å². The molecular formula is C23H26N2O4S. The van der Waals surface area contributed by atoms with Crippen molar-refractivity contribution in [3.63, 3.8) is 0 Å². The topological polar surface area (TPSA) is 80.6 Å². The number of hydrogen-bond acceptors (Lipinski definition) is 5. The van der Waals surface area contributed by atoms with Crippen molar-refractivity contribution < 1.29 is 18.7 Å². The number of anilines is 1. The molecule has 1 aliphatic rings. The maximum absolute atomic E-state index is 13.1. The number of hydrogen-bond donors (Lipinski definition) is 2. The maximum Gasteiger partial charge on any atom is 0.292 e. The van der Waals surface area contributed by atoms with Gasteiger partial charge < -0.3 is 19.8 Å². The van der Waals surface area contributed by atoms with E-state index < -0.39 is 0 Å². The molecular weight excluding hydrogens is 400 g/mol. The molecule has 158 valence electrons. The zero-order valence-electron chi connectivity index (χ0n) is 17.5. The number of carbonyl (C=O) groups is 2. The summed E-state index contributed by atoms with van der Waals surface area (Å²) in [5.41, 5.74) is 4.22. The van der Waals surface area contributed by atoms with Gasteiger partial charge in [0.25, 0.3) is 11.8 Å². The maximum atomic E-state index is 13.1. The Balaban J connectivity index is 1.65. The third kappa shape index (κ3) is 3.87. The summed E-state index contributed by atoms with van der Waals surface area (Å²) in [6.07, 6.45) is 3.96. The molecule has 6 nitrogen and oxygen atoms in total. The zero-order valence-corrected chi connectivity index (χ0v) is 18.3. The average molecular weight is 427 g/mol. The summed E-state index contributed by atoms with van der Waals surface area (Å²) in [5, 5.41) is 7.38. The molecule has 0 atom stereocenters. The van der Waals surface area contributed by atoms with Crippen LogP contribution in [0, 0.1) is 13.8 Å². The van der Waals surface area contributed by atoms with E-state index in [0.29, 0.717) is 29.3 Å². The van der Waals surface area contributed by atoms with Gasteiger partial charge in [-0.2, -0.15) is 0 Å². The fourth-order valence-electron chi connectivity index (χ4n) is 3.96. The molecule has 0 spiro atoms. The van der Waals surface area contributed by atoms with E-state index in [0.717, 1.165) is 47.8 Å². The van der Waals surface area contributed by atoms with E-state index in [1.54, 1.807) is 7.11 Å². The predicted octanol–water partition coefficient (Wildman–Crippen LogP) is 4.62. The summed E-state index contributed by atoms with van der Waals surface area (Å²) in [4.78, 5) is 27.2. The number of rotatable bonds is 6. The summed E-state index contributed by atoms with van der Waals surface area (Å²) in [6, 6.07) is 5.90. The van der Waals surface area contributed by atoms with Crippen molar-refractivity contribution in [3.05, 3.63) is 51.1 Å². The molecule has 2 aromatic heterocycles. The average Bonchev–Trinajstić information content (AvgIpc) is 3.25. The minimum Gasteiger partial charge on any atom is -0.451 e. The first-order valence-corrected chi connectivity index (χ1v) is 11.0. The molecule has 1 aromatic carbocycles. The Hall–Kier alpha value is -2.64. The number of thiophene rings is 1. The predicted molar refractivity (Wildman–Crippen MR) is 119 cm³/mol. The van der Waals surface area contributed by atoms with Crippen LogP contribution in [0.4, 0.5) is 5.00 Å². The highest BCUT2D eigenvalue weighted by Crippen LogP contribution is 2.38. The van der Waals surface area contributed by atoms with Crippen LogP contribution in [-0.4, -0.2) is 32.1 Å². The molecule has 2 N–H and O–H groups in total. The lowest BCUT2D eigenvalue weighted by atomic mass is 9.95. The number of fused-ring (bicyclic) bond motifs is 2. The number of benzene rings is 1. The molecule has 0 unspecified atom stereocenters. The number of nitrogens with one attached hydrogen (secondary N) is 2. The van der Waals surface area contributed by atoms with Crippen LogP contribution in [-0.2, 0) is 17.6 Å². The largest absolute Gasteiger partial charge is 0.451 e. The van der Waals surface area contributed by atoms with E-state index in [1.165, 1.54) is 16.2 Å². The molecule has 30 heavy (non-hydrogen) atoms. The molecule has 0 bridgehead atoms. The van der Waals surface area contributed by atoms with E-state index >= 15 is 0 Å².